The van der Waals surface area contributed by atoms with E-state index < -0.39 is 0 Å². The van der Waals surface area contributed by atoms with Crippen molar-refractivity contribution in [1.29, 1.82) is 0 Å². The van der Waals surface area contributed by atoms with Crippen molar-refractivity contribution < 1.29 is 9.94 Å². The summed E-state index contributed by atoms with van der Waals surface area (Å²) in [5.41, 5.74) is 3.37. The number of fused-ring (bicyclic) bond motifs is 3. The first-order valence-corrected chi connectivity index (χ1v) is 10.0. The summed E-state index contributed by atoms with van der Waals surface area (Å²) in [5, 5.41) is 14.3. The molecule has 4 aliphatic rings. The van der Waals surface area contributed by atoms with E-state index in [0.29, 0.717) is 11.7 Å². The largest absolute Gasteiger partial charge is 0.508 e. The van der Waals surface area contributed by atoms with Crippen molar-refractivity contribution in [1.82, 2.24) is 14.8 Å². The summed E-state index contributed by atoms with van der Waals surface area (Å²) < 4.78 is 0. The summed E-state index contributed by atoms with van der Waals surface area (Å²) in [5.74, 6) is 2.54. The molecule has 1 saturated carbocycles. The van der Waals surface area contributed by atoms with Gasteiger partial charge in [-0.05, 0) is 74.7 Å². The maximum Gasteiger partial charge on any atom is 0.117 e. The molecular weight excluding hydrogens is 326 g/mol. The minimum atomic E-state index is 0.294. The van der Waals surface area contributed by atoms with Crippen LogP contribution in [0.2, 0.25) is 0 Å². The van der Waals surface area contributed by atoms with Crippen molar-refractivity contribution in [2.45, 2.75) is 38.0 Å². The van der Waals surface area contributed by atoms with Gasteiger partial charge in [0.05, 0.1) is 11.9 Å². The van der Waals surface area contributed by atoms with Crippen LogP contribution < -0.4 is 4.84 Å². The molecule has 5 heteroatoms. The van der Waals surface area contributed by atoms with E-state index >= 15 is 0 Å². The van der Waals surface area contributed by atoms with Crippen LogP contribution in [0, 0.1) is 11.8 Å². The molecule has 26 heavy (non-hydrogen) atoms. The van der Waals surface area contributed by atoms with Gasteiger partial charge >= 0.3 is 0 Å². The van der Waals surface area contributed by atoms with Crippen LogP contribution in [0.4, 0.5) is 0 Å². The number of aromatic hydroxyl groups is 1. The number of hydrogen-bond donors (Lipinski definition) is 1. The Hall–Kier alpha value is -2.01. The van der Waals surface area contributed by atoms with Crippen LogP contribution >= 0.6 is 0 Å². The fourth-order valence-corrected chi connectivity index (χ4v) is 4.67. The van der Waals surface area contributed by atoms with Gasteiger partial charge in [-0.2, -0.15) is 0 Å². The molecule has 1 aliphatic carbocycles. The molecule has 0 amide bonds. The van der Waals surface area contributed by atoms with Crippen LogP contribution in [-0.2, 0) is 0 Å². The summed E-state index contributed by atoms with van der Waals surface area (Å²) >= 11 is 0. The molecule has 2 bridgehead atoms. The van der Waals surface area contributed by atoms with Gasteiger partial charge in [-0.1, -0.05) is 12.1 Å². The van der Waals surface area contributed by atoms with Gasteiger partial charge in [0.1, 0.15) is 12.4 Å². The van der Waals surface area contributed by atoms with Gasteiger partial charge in [0.15, 0.2) is 0 Å². The molecule has 3 saturated heterocycles. The Bertz CT molecular complexity index is 758. The molecule has 1 unspecified atom stereocenters. The molecule has 1 N–H and O–H groups in total. The zero-order chi connectivity index (χ0) is 17.5. The molecule has 3 aliphatic heterocycles. The lowest BCUT2D eigenvalue weighted by Crippen LogP contribution is -2.47. The van der Waals surface area contributed by atoms with Crippen LogP contribution in [0.15, 0.2) is 30.5 Å². The summed E-state index contributed by atoms with van der Waals surface area (Å²) in [4.78, 5) is 10.3. The number of nitrogens with zero attached hydrogens (tertiary/aromatic N) is 3. The molecule has 1 aromatic heterocycles. The summed E-state index contributed by atoms with van der Waals surface area (Å²) in [6, 6.07) is 7.38. The van der Waals surface area contributed by atoms with E-state index in [9.17, 15) is 5.11 Å². The van der Waals surface area contributed by atoms with E-state index in [2.05, 4.69) is 4.90 Å². The highest BCUT2D eigenvalue weighted by Crippen LogP contribution is 2.43. The number of rotatable bonds is 6. The summed E-state index contributed by atoms with van der Waals surface area (Å²) in [7, 11) is 0. The molecule has 5 nitrogen and oxygen atoms in total. The average Bonchev–Trinajstić information content (AvgIpc) is 3.44. The van der Waals surface area contributed by atoms with Gasteiger partial charge in [0.25, 0.3) is 0 Å². The molecular formula is C21H27N3O2. The molecule has 4 heterocycles. The Kier molecular flexibility index (Phi) is 4.12. The molecule has 0 radical (unpaired) electrons. The predicted octanol–water partition coefficient (Wildman–Crippen LogP) is 3.29. The Morgan fingerprint density at radius 1 is 1.08 bits per heavy atom. The van der Waals surface area contributed by atoms with Crippen LogP contribution in [0.1, 0.15) is 43.7 Å². The van der Waals surface area contributed by atoms with Crippen LogP contribution in [0.5, 0.6) is 5.75 Å². The molecule has 1 atom stereocenters. The van der Waals surface area contributed by atoms with Crippen molar-refractivity contribution in [3.8, 4) is 16.9 Å². The number of benzene rings is 1. The second kappa shape index (κ2) is 6.62. The van der Waals surface area contributed by atoms with E-state index in [1.165, 1.54) is 45.3 Å². The summed E-state index contributed by atoms with van der Waals surface area (Å²) in [6.45, 7) is 4.57. The maximum atomic E-state index is 9.54. The second-order valence-corrected chi connectivity index (χ2v) is 8.17. The fourth-order valence-electron chi connectivity index (χ4n) is 4.67. The highest BCUT2D eigenvalue weighted by atomic mass is 16.7. The van der Waals surface area contributed by atoms with Gasteiger partial charge in [0.2, 0.25) is 0 Å². The van der Waals surface area contributed by atoms with Crippen molar-refractivity contribution in [3.05, 3.63) is 36.2 Å². The summed E-state index contributed by atoms with van der Waals surface area (Å²) in [6.07, 6.45) is 8.28. The molecule has 138 valence electrons. The Morgan fingerprint density at radius 2 is 1.85 bits per heavy atom. The predicted molar refractivity (Wildman–Crippen MR) is 100 cm³/mol. The van der Waals surface area contributed by atoms with Gasteiger partial charge < -0.3 is 14.8 Å². The van der Waals surface area contributed by atoms with Gasteiger partial charge in [0, 0.05) is 18.0 Å². The first-order chi connectivity index (χ1) is 12.8. The van der Waals surface area contributed by atoms with Crippen molar-refractivity contribution in [2.24, 2.45) is 11.8 Å². The number of hydrogen-bond acceptors (Lipinski definition) is 4. The molecule has 2 aromatic rings. The van der Waals surface area contributed by atoms with Gasteiger partial charge in [-0.15, -0.1) is 9.94 Å². The third kappa shape index (κ3) is 3.20. The minimum Gasteiger partial charge on any atom is -0.508 e. The van der Waals surface area contributed by atoms with Crippen molar-refractivity contribution in [2.75, 3.05) is 26.2 Å². The van der Waals surface area contributed by atoms with Gasteiger partial charge in [-0.25, -0.2) is 0 Å². The lowest BCUT2D eigenvalue weighted by Gasteiger charge is -2.44. The molecule has 0 spiro atoms. The van der Waals surface area contributed by atoms with Crippen molar-refractivity contribution >= 4 is 0 Å². The average molecular weight is 353 g/mol. The zero-order valence-electron chi connectivity index (χ0n) is 15.2. The first kappa shape index (κ1) is 16.2. The van der Waals surface area contributed by atoms with Gasteiger partial charge in [-0.3, -0.25) is 0 Å². The Morgan fingerprint density at radius 3 is 2.50 bits per heavy atom. The standard InChI is InChI=1S/C21H27N3O2/c25-19-5-3-16(4-6-19)20-14-24(22-21(20)17-1-2-17)26-12-9-18-13-23-10-7-15(18)8-11-23/h3-6,14-15,17-18,25H,1-2,7-13H2. The highest BCUT2D eigenvalue weighted by Gasteiger charge is 2.34. The van der Waals surface area contributed by atoms with E-state index in [1.807, 2.05) is 18.3 Å². The quantitative estimate of drug-likeness (QED) is 0.866. The Balaban J connectivity index is 1.26. The number of aromatic nitrogens is 2. The number of phenols is 1. The maximum absolute atomic E-state index is 9.54. The first-order valence-electron chi connectivity index (χ1n) is 10.0. The number of phenolic OH excluding ortho intramolecular Hbond substituents is 1. The Labute approximate surface area is 154 Å². The normalized spacial score (nSPS) is 27.6. The van der Waals surface area contributed by atoms with Crippen LogP contribution in [0.25, 0.3) is 11.1 Å². The van der Waals surface area contributed by atoms with Crippen LogP contribution in [0.3, 0.4) is 0 Å². The second-order valence-electron chi connectivity index (χ2n) is 8.17. The van der Waals surface area contributed by atoms with E-state index in [1.54, 1.807) is 17.0 Å². The number of piperidine rings is 3. The fraction of sp³-hybridized carbons (Fsp3) is 0.571. The van der Waals surface area contributed by atoms with Crippen LogP contribution in [-0.4, -0.2) is 46.2 Å². The van der Waals surface area contributed by atoms with Crippen molar-refractivity contribution in [3.63, 3.8) is 0 Å². The lowest BCUT2D eigenvalue weighted by molar-refractivity contribution is 0.0153. The third-order valence-electron chi connectivity index (χ3n) is 6.37. The molecule has 1 aromatic carbocycles. The third-order valence-corrected chi connectivity index (χ3v) is 6.37. The monoisotopic (exact) mass is 353 g/mol. The van der Waals surface area contributed by atoms with E-state index in [4.69, 9.17) is 9.94 Å². The zero-order valence-corrected chi connectivity index (χ0v) is 15.2. The van der Waals surface area contributed by atoms with E-state index in [-0.39, 0.29) is 0 Å². The minimum absolute atomic E-state index is 0.294. The molecule has 4 fully saturated rings. The topological polar surface area (TPSA) is 50.5 Å². The van der Waals surface area contributed by atoms with E-state index in [0.717, 1.165) is 41.7 Å². The highest BCUT2D eigenvalue weighted by molar-refractivity contribution is 5.67. The lowest BCUT2D eigenvalue weighted by atomic mass is 9.78. The molecule has 6 rings (SSSR count). The SMILES string of the molecule is Oc1ccc(-c2cn(OCCC3CN4CCC3CC4)nc2C2CC2)cc1. The smallest absolute Gasteiger partial charge is 0.117 e.